The number of para-hydroxylation sites is 1. The lowest BCUT2D eigenvalue weighted by Crippen LogP contribution is -2.09. The Morgan fingerprint density at radius 2 is 1.07 bits per heavy atom. The van der Waals surface area contributed by atoms with Crippen LogP contribution < -0.4 is 4.90 Å². The molecule has 0 aliphatic rings. The number of hydrogen-bond donors (Lipinski definition) is 0. The van der Waals surface area contributed by atoms with Gasteiger partial charge < -0.3 is 13.7 Å². The molecular weight excluding hydrogens is 729 g/mol. The van der Waals surface area contributed by atoms with E-state index in [1.807, 2.05) is 59.9 Å². The first kappa shape index (κ1) is 32.7. The average Bonchev–Trinajstić information content (AvgIpc) is 3.99. The minimum Gasteiger partial charge on any atom is -0.456 e. The van der Waals surface area contributed by atoms with Gasteiger partial charge in [0.05, 0.1) is 0 Å². The summed E-state index contributed by atoms with van der Waals surface area (Å²) < 4.78 is 15.4. The lowest BCUT2D eigenvalue weighted by atomic mass is 9.97. The zero-order chi connectivity index (χ0) is 38.2. The van der Waals surface area contributed by atoms with E-state index in [9.17, 15) is 0 Å². The number of benzene rings is 9. The Morgan fingerprint density at radius 3 is 1.90 bits per heavy atom. The third-order valence-corrected chi connectivity index (χ3v) is 12.4. The highest BCUT2D eigenvalue weighted by Crippen LogP contribution is 2.45. The molecule has 0 aliphatic heterocycles. The third kappa shape index (κ3) is 5.25. The summed E-state index contributed by atoms with van der Waals surface area (Å²) in [6.07, 6.45) is 0. The number of aromatic nitrogens is 1. The van der Waals surface area contributed by atoms with Crippen molar-refractivity contribution in [2.45, 2.75) is 0 Å². The lowest BCUT2D eigenvalue weighted by Gasteiger charge is -2.26. The van der Waals surface area contributed by atoms with Crippen LogP contribution in [0.4, 0.5) is 17.1 Å². The highest BCUT2D eigenvalue weighted by molar-refractivity contribution is 7.25. The van der Waals surface area contributed by atoms with E-state index < -0.39 is 0 Å². The predicted octanol–water partition coefficient (Wildman–Crippen LogP) is 15.7. The van der Waals surface area contributed by atoms with Gasteiger partial charge in [-0.25, -0.2) is 4.98 Å². The van der Waals surface area contributed by atoms with Crippen molar-refractivity contribution >= 4 is 92.4 Å². The van der Waals surface area contributed by atoms with Gasteiger partial charge in [0.1, 0.15) is 16.7 Å². The molecule has 272 valence electrons. The smallest absolute Gasteiger partial charge is 0.227 e. The van der Waals surface area contributed by atoms with Crippen molar-refractivity contribution < 1.29 is 8.83 Å². The quantitative estimate of drug-likeness (QED) is 0.169. The minimum absolute atomic E-state index is 0.584. The fraction of sp³-hybridized carbons (Fsp3) is 0. The largest absolute Gasteiger partial charge is 0.456 e. The summed E-state index contributed by atoms with van der Waals surface area (Å²) in [7, 11) is 0. The molecule has 0 atom stereocenters. The van der Waals surface area contributed by atoms with Crippen molar-refractivity contribution in [3.05, 3.63) is 194 Å². The highest BCUT2D eigenvalue weighted by Gasteiger charge is 2.22. The van der Waals surface area contributed by atoms with E-state index in [-0.39, 0.29) is 0 Å². The van der Waals surface area contributed by atoms with Gasteiger partial charge in [-0.05, 0) is 88.1 Å². The van der Waals surface area contributed by atoms with Gasteiger partial charge in [0.2, 0.25) is 5.89 Å². The second-order valence-electron chi connectivity index (χ2n) is 14.7. The molecule has 0 unspecified atom stereocenters. The molecule has 0 aliphatic carbocycles. The second kappa shape index (κ2) is 13.1. The van der Waals surface area contributed by atoms with Crippen molar-refractivity contribution in [1.82, 2.24) is 4.98 Å². The Morgan fingerprint density at radius 1 is 0.414 bits per heavy atom. The summed E-state index contributed by atoms with van der Waals surface area (Å²) in [6.45, 7) is 0. The zero-order valence-electron chi connectivity index (χ0n) is 31.1. The highest BCUT2D eigenvalue weighted by atomic mass is 32.1. The Labute approximate surface area is 337 Å². The average molecular weight is 761 g/mol. The van der Waals surface area contributed by atoms with Gasteiger partial charge >= 0.3 is 0 Å². The van der Waals surface area contributed by atoms with Gasteiger partial charge in [0.15, 0.2) is 5.58 Å². The third-order valence-electron chi connectivity index (χ3n) is 11.3. The van der Waals surface area contributed by atoms with Gasteiger partial charge in [0, 0.05) is 65.2 Å². The number of hydrogen-bond acceptors (Lipinski definition) is 5. The van der Waals surface area contributed by atoms with Crippen LogP contribution in [0.25, 0.3) is 97.7 Å². The second-order valence-corrected chi connectivity index (χ2v) is 15.8. The Bertz CT molecular complexity index is 3500. The Hall–Kier alpha value is -7.47. The zero-order valence-corrected chi connectivity index (χ0v) is 31.9. The van der Waals surface area contributed by atoms with Crippen LogP contribution in [0.2, 0.25) is 0 Å². The molecule has 0 amide bonds. The van der Waals surface area contributed by atoms with Gasteiger partial charge in [0.25, 0.3) is 0 Å². The molecule has 12 aromatic rings. The van der Waals surface area contributed by atoms with Gasteiger partial charge in [-0.1, -0.05) is 127 Å². The van der Waals surface area contributed by atoms with Gasteiger partial charge in [-0.3, -0.25) is 0 Å². The van der Waals surface area contributed by atoms with Crippen molar-refractivity contribution in [3.8, 4) is 33.7 Å². The fourth-order valence-electron chi connectivity index (χ4n) is 8.60. The maximum absolute atomic E-state index is 6.44. The van der Waals surface area contributed by atoms with Gasteiger partial charge in [-0.2, -0.15) is 0 Å². The SMILES string of the molecule is c1ccc(-c2nc3c(-c4ccc(N(c5ccc(-c6cccc7ccccc67)cc5)c5ccc6c(c5)sc5ccccc56)cc4)c4c(cc3o2)oc2ccccc24)cc1. The topological polar surface area (TPSA) is 42.4 Å². The first-order valence-electron chi connectivity index (χ1n) is 19.4. The molecule has 0 fully saturated rings. The van der Waals surface area contributed by atoms with E-state index in [1.54, 1.807) is 0 Å². The minimum atomic E-state index is 0.584. The van der Waals surface area contributed by atoms with Gasteiger partial charge in [-0.15, -0.1) is 11.3 Å². The monoisotopic (exact) mass is 760 g/mol. The van der Waals surface area contributed by atoms with E-state index in [0.29, 0.717) is 11.5 Å². The molecule has 9 aromatic carbocycles. The van der Waals surface area contributed by atoms with Crippen LogP contribution in [0, 0.1) is 0 Å². The molecule has 0 saturated heterocycles. The van der Waals surface area contributed by atoms with Crippen LogP contribution in [-0.4, -0.2) is 4.98 Å². The Balaban J connectivity index is 1.02. The first-order valence-corrected chi connectivity index (χ1v) is 20.3. The van der Waals surface area contributed by atoms with E-state index in [1.165, 1.54) is 42.1 Å². The number of oxazole rings is 1. The number of thiophene rings is 1. The molecule has 0 N–H and O–H groups in total. The maximum atomic E-state index is 6.44. The number of nitrogens with zero attached hydrogens (tertiary/aromatic N) is 2. The Kier molecular flexibility index (Phi) is 7.37. The van der Waals surface area contributed by atoms with Crippen molar-refractivity contribution in [2.75, 3.05) is 4.90 Å². The van der Waals surface area contributed by atoms with Crippen molar-refractivity contribution in [3.63, 3.8) is 0 Å². The van der Waals surface area contributed by atoms with Crippen molar-refractivity contribution in [2.24, 2.45) is 0 Å². The summed E-state index contributed by atoms with van der Waals surface area (Å²) in [6, 6.07) is 68.7. The number of rotatable bonds is 6. The molecule has 0 spiro atoms. The maximum Gasteiger partial charge on any atom is 0.227 e. The van der Waals surface area contributed by atoms with E-state index in [0.717, 1.165) is 61.2 Å². The molecular formula is C53H32N2O2S. The normalized spacial score (nSPS) is 11.8. The van der Waals surface area contributed by atoms with Crippen LogP contribution >= 0.6 is 11.3 Å². The van der Waals surface area contributed by atoms with E-state index >= 15 is 0 Å². The molecule has 0 bridgehead atoms. The van der Waals surface area contributed by atoms with Crippen LogP contribution in [0.1, 0.15) is 0 Å². The van der Waals surface area contributed by atoms with Crippen LogP contribution in [0.3, 0.4) is 0 Å². The lowest BCUT2D eigenvalue weighted by molar-refractivity contribution is 0.617. The molecule has 3 heterocycles. The number of anilines is 3. The predicted molar refractivity (Wildman–Crippen MR) is 243 cm³/mol. The molecule has 0 saturated carbocycles. The first-order chi connectivity index (χ1) is 28.7. The van der Waals surface area contributed by atoms with E-state index in [2.05, 4.69) is 150 Å². The molecule has 4 nitrogen and oxygen atoms in total. The molecule has 58 heavy (non-hydrogen) atoms. The summed E-state index contributed by atoms with van der Waals surface area (Å²) in [5.74, 6) is 0.584. The molecule has 3 aromatic heterocycles. The number of fused-ring (bicyclic) bond motifs is 8. The molecule has 0 radical (unpaired) electrons. The summed E-state index contributed by atoms with van der Waals surface area (Å²) in [4.78, 5) is 7.48. The van der Waals surface area contributed by atoms with Crippen LogP contribution in [0.5, 0.6) is 0 Å². The number of furan rings is 1. The standard InChI is InChI=1S/C53H32N2O2S/c1-2-12-36(13-3-1)53-54-52-47(57-53)32-46-51(44-17-6-8-19-45(44)56-46)50(52)35-23-27-38(28-24-35)55(39-29-30-43-42-16-7-9-20-48(42)58-49(43)31-39)37-25-21-34(22-26-37)41-18-10-14-33-11-4-5-15-40(33)41/h1-32H. The summed E-state index contributed by atoms with van der Waals surface area (Å²) in [5, 5.41) is 7.13. The van der Waals surface area contributed by atoms with E-state index in [4.69, 9.17) is 13.8 Å². The molecule has 12 rings (SSSR count). The van der Waals surface area contributed by atoms with Crippen molar-refractivity contribution in [1.29, 1.82) is 0 Å². The summed E-state index contributed by atoms with van der Waals surface area (Å²) in [5.41, 5.74) is 11.7. The summed E-state index contributed by atoms with van der Waals surface area (Å²) >= 11 is 1.84. The fourth-order valence-corrected chi connectivity index (χ4v) is 9.74. The molecule has 5 heteroatoms. The van der Waals surface area contributed by atoms with Crippen LogP contribution in [-0.2, 0) is 0 Å². The van der Waals surface area contributed by atoms with Crippen LogP contribution in [0.15, 0.2) is 203 Å².